The van der Waals surface area contributed by atoms with E-state index in [9.17, 15) is 24.0 Å². The van der Waals surface area contributed by atoms with Gasteiger partial charge in [-0.3, -0.25) is 34.0 Å². The molecule has 21 heteroatoms. The number of hydrogen-bond acceptors (Lipinski definition) is 17. The van der Waals surface area contributed by atoms with Crippen LogP contribution in [0, 0.1) is 6.92 Å². The van der Waals surface area contributed by atoms with Crippen LogP contribution in [0.5, 0.6) is 23.0 Å². The first-order chi connectivity index (χ1) is 38.2. The van der Waals surface area contributed by atoms with Crippen molar-refractivity contribution in [3.05, 3.63) is 113 Å². The number of carbonyl (C=O) groups is 5. The number of hydrogen-bond donors (Lipinski definition) is 3. The van der Waals surface area contributed by atoms with E-state index in [-0.39, 0.29) is 43.0 Å². The van der Waals surface area contributed by atoms with Gasteiger partial charge >= 0.3 is 0 Å². The molecule has 0 saturated carbocycles. The summed E-state index contributed by atoms with van der Waals surface area (Å²) in [5, 5.41) is 4.29. The van der Waals surface area contributed by atoms with Crippen molar-refractivity contribution in [2.24, 2.45) is 21.6 Å². The second-order valence-corrected chi connectivity index (χ2v) is 19.3. The summed E-state index contributed by atoms with van der Waals surface area (Å²) in [5.41, 5.74) is 13.6. The van der Waals surface area contributed by atoms with Gasteiger partial charge in [0.1, 0.15) is 19.5 Å². The molecule has 2 saturated heterocycles. The first-order valence-electron chi connectivity index (χ1n) is 26.3. The monoisotopic (exact) mass is 1090 g/mol. The molecule has 0 bridgehead atoms. The summed E-state index contributed by atoms with van der Waals surface area (Å²) in [4.78, 5) is 74.0. The standard InChI is InChI=1S/C58H75N9O12/c1-40-23-46(65(34-40)39-69)32-62-50-30-54(52(73-5)25-42(50)3)78-37-43-26-44(38-79-55-31-51-48(29-53(55)74-6)58(72)67-35-41(2)24-47(67)33-63-51)28-45(27-43)49(59)36-66(60)15-18-76-20-22-77-21-19-75-17-13-61-56(70)11-8-7-9-14-64(4)57(71)12-10-16-68/h10,12,16,25-33,36,39,46-47H,1-2,7-9,11,13-15,17-24,34-35,37-38,59-60H2,3-6H3,(H,61,70)/b12-10-,49-36-,62-32?. The molecule has 3 heterocycles. The zero-order valence-electron chi connectivity index (χ0n) is 45.8. The molecule has 3 aromatic rings. The lowest BCUT2D eigenvalue weighted by atomic mass is 10.0. The average Bonchev–Trinajstić information content (AvgIpc) is 4.13. The average molecular weight is 1090 g/mol. The maximum absolute atomic E-state index is 13.6. The van der Waals surface area contributed by atoms with Crippen LogP contribution in [-0.2, 0) is 46.6 Å². The number of likely N-dealkylation sites (N-methyl/N-ethyl adjacent to an activating group) is 1. The fourth-order valence-corrected chi connectivity index (χ4v) is 8.91. The van der Waals surface area contributed by atoms with E-state index in [1.807, 2.05) is 37.3 Å². The van der Waals surface area contributed by atoms with Gasteiger partial charge in [-0.05, 0) is 91.3 Å². The van der Waals surface area contributed by atoms with Crippen LogP contribution in [0.15, 0.2) is 95.1 Å². The number of amides is 4. The van der Waals surface area contributed by atoms with E-state index < -0.39 is 0 Å². The largest absolute Gasteiger partial charge is 0.493 e. The summed E-state index contributed by atoms with van der Waals surface area (Å²) in [7, 11) is 4.76. The number of likely N-dealkylation sites (tertiary alicyclic amines) is 1. The van der Waals surface area contributed by atoms with Crippen LogP contribution >= 0.6 is 0 Å². The quantitative estimate of drug-likeness (QED) is 0.0129. The number of benzene rings is 3. The predicted molar refractivity (Wildman–Crippen MR) is 301 cm³/mol. The number of aldehydes is 1. The first-order valence-corrected chi connectivity index (χ1v) is 26.3. The number of nitrogens with zero attached hydrogens (tertiary/aromatic N) is 6. The van der Waals surface area contributed by atoms with Crippen molar-refractivity contribution in [3.63, 3.8) is 0 Å². The summed E-state index contributed by atoms with van der Waals surface area (Å²) in [5.74, 6) is 7.71. The molecule has 3 aliphatic rings. The lowest BCUT2D eigenvalue weighted by molar-refractivity contribution is -0.125. The molecule has 2 fully saturated rings. The van der Waals surface area contributed by atoms with E-state index in [0.29, 0.717) is 156 Å². The minimum atomic E-state index is -0.229. The van der Waals surface area contributed by atoms with Gasteiger partial charge in [-0.25, -0.2) is 5.84 Å². The zero-order chi connectivity index (χ0) is 56.7. The number of carbonyl (C=O) groups excluding carboxylic acids is 5. The second kappa shape index (κ2) is 30.9. The number of aliphatic imine (C=N–C) groups is 2. The predicted octanol–water partition coefficient (Wildman–Crippen LogP) is 5.52. The highest BCUT2D eigenvalue weighted by Gasteiger charge is 2.34. The molecule has 0 aliphatic carbocycles. The smallest absolute Gasteiger partial charge is 0.257 e. The van der Waals surface area contributed by atoms with E-state index in [1.54, 1.807) is 54.7 Å². The Morgan fingerprint density at radius 3 is 2.20 bits per heavy atom. The molecule has 0 spiro atoms. The van der Waals surface area contributed by atoms with Crippen LogP contribution in [0.3, 0.4) is 0 Å². The molecule has 3 aromatic carbocycles. The van der Waals surface area contributed by atoms with Crippen molar-refractivity contribution in [2.75, 3.05) is 93.6 Å². The van der Waals surface area contributed by atoms with Gasteiger partial charge in [0.15, 0.2) is 23.0 Å². The van der Waals surface area contributed by atoms with Crippen molar-refractivity contribution >= 4 is 59.9 Å². The van der Waals surface area contributed by atoms with Gasteiger partial charge < -0.3 is 63.9 Å². The summed E-state index contributed by atoms with van der Waals surface area (Å²) in [6.07, 6.45) is 12.9. The van der Waals surface area contributed by atoms with Crippen molar-refractivity contribution in [1.29, 1.82) is 0 Å². The van der Waals surface area contributed by atoms with Crippen molar-refractivity contribution in [1.82, 2.24) is 25.0 Å². The van der Waals surface area contributed by atoms with Crippen molar-refractivity contribution < 1.29 is 57.1 Å². The molecular weight excluding hydrogens is 1010 g/mol. The van der Waals surface area contributed by atoms with Gasteiger partial charge in [-0.1, -0.05) is 30.7 Å². The fourth-order valence-electron chi connectivity index (χ4n) is 8.91. The fraction of sp³-hybridized carbons (Fsp3) is 0.431. The van der Waals surface area contributed by atoms with E-state index in [0.717, 1.165) is 47.1 Å². The van der Waals surface area contributed by atoms with Gasteiger partial charge in [-0.2, -0.15) is 0 Å². The Balaban J connectivity index is 1.01. The topological polar surface area (TPSA) is 252 Å². The number of ether oxygens (including phenoxy) is 7. The number of nitrogens with two attached hydrogens (primary N) is 2. The Kier molecular flexibility index (Phi) is 23.6. The molecular formula is C58H75N9O12. The molecule has 2 atom stereocenters. The Hall–Kier alpha value is -7.85. The Labute approximate surface area is 462 Å². The number of nitrogens with one attached hydrogen (secondary N) is 1. The normalized spacial score (nSPS) is 16.1. The number of methoxy groups -OCH3 is 2. The molecule has 424 valence electrons. The van der Waals surface area contributed by atoms with Crippen LogP contribution in [0.4, 0.5) is 11.4 Å². The Bertz CT molecular complexity index is 2760. The highest BCUT2D eigenvalue weighted by atomic mass is 16.5. The number of aryl methyl sites for hydroxylation is 1. The minimum Gasteiger partial charge on any atom is -0.493 e. The molecule has 0 aromatic heterocycles. The van der Waals surface area contributed by atoms with E-state index >= 15 is 0 Å². The minimum absolute atomic E-state index is 0.0558. The summed E-state index contributed by atoms with van der Waals surface area (Å²) < 4.78 is 41.3. The molecule has 5 N–H and O–H groups in total. The third kappa shape index (κ3) is 18.4. The third-order valence-electron chi connectivity index (χ3n) is 13.2. The number of allylic oxidation sites excluding steroid dienone is 1. The van der Waals surface area contributed by atoms with Crippen LogP contribution in [0.2, 0.25) is 0 Å². The van der Waals surface area contributed by atoms with Gasteiger partial charge in [0, 0.05) is 76.5 Å². The third-order valence-corrected chi connectivity index (χ3v) is 13.2. The van der Waals surface area contributed by atoms with Crippen LogP contribution in [-0.4, -0.2) is 168 Å². The van der Waals surface area contributed by atoms with Crippen LogP contribution < -0.4 is 35.8 Å². The van der Waals surface area contributed by atoms with E-state index in [1.165, 1.54) is 29.2 Å². The molecule has 79 heavy (non-hydrogen) atoms. The van der Waals surface area contributed by atoms with Gasteiger partial charge in [0.05, 0.1) is 95.1 Å². The molecule has 0 radical (unpaired) electrons. The number of unbranched alkanes of at least 4 members (excludes halogenated alkanes) is 2. The van der Waals surface area contributed by atoms with Gasteiger partial charge in [-0.15, -0.1) is 0 Å². The van der Waals surface area contributed by atoms with Crippen molar-refractivity contribution in [2.45, 2.75) is 70.7 Å². The van der Waals surface area contributed by atoms with Crippen LogP contribution in [0.25, 0.3) is 5.70 Å². The molecule has 2 unspecified atom stereocenters. The van der Waals surface area contributed by atoms with Gasteiger partial charge in [0.25, 0.3) is 5.91 Å². The summed E-state index contributed by atoms with van der Waals surface area (Å²) in [6.45, 7) is 14.5. The lowest BCUT2D eigenvalue weighted by Gasteiger charge is -2.20. The van der Waals surface area contributed by atoms with E-state index in [4.69, 9.17) is 49.7 Å². The van der Waals surface area contributed by atoms with Crippen molar-refractivity contribution in [3.8, 4) is 23.0 Å². The van der Waals surface area contributed by atoms with Crippen LogP contribution in [0.1, 0.15) is 71.1 Å². The van der Waals surface area contributed by atoms with Gasteiger partial charge in [0.2, 0.25) is 18.2 Å². The number of fused-ring (bicyclic) bond motifs is 2. The highest BCUT2D eigenvalue weighted by molar-refractivity contribution is 6.04. The summed E-state index contributed by atoms with van der Waals surface area (Å²) >= 11 is 0. The maximum atomic E-state index is 13.6. The Morgan fingerprint density at radius 1 is 0.835 bits per heavy atom. The second-order valence-electron chi connectivity index (χ2n) is 19.3. The molecule has 3 aliphatic heterocycles. The maximum Gasteiger partial charge on any atom is 0.257 e. The number of rotatable bonds is 33. The molecule has 21 nitrogen and oxygen atoms in total. The SMILES string of the molecule is C=C1CC(C=Nc2cc(OCc3cc(COc4cc5c(cc4OC)C(=O)N4CC(=C)CC4C=N5)cc(/C(N)=C/N(N)CCOCCOCCOCCNC(=O)CCCCCN(C)C(=O)/C=C\C=O)c3)c(OC)cc2C)N(C=O)C1. The number of hydrazine groups is 1. The van der Waals surface area contributed by atoms with E-state index in [2.05, 4.69) is 23.5 Å². The summed E-state index contributed by atoms with van der Waals surface area (Å²) in [6, 6.07) is 12.4. The molecule has 6 rings (SSSR count). The first kappa shape index (κ1) is 60.4. The molecule has 4 amide bonds. The zero-order valence-corrected chi connectivity index (χ0v) is 45.8. The highest BCUT2D eigenvalue weighted by Crippen LogP contribution is 2.40. The Morgan fingerprint density at radius 2 is 1.51 bits per heavy atom. The lowest BCUT2D eigenvalue weighted by Crippen LogP contribution is -2.35.